The van der Waals surface area contributed by atoms with E-state index >= 15 is 0 Å². The molecule has 0 radical (unpaired) electrons. The third-order valence-electron chi connectivity index (χ3n) is 2.63. The van der Waals surface area contributed by atoms with E-state index in [0.29, 0.717) is 19.1 Å². The van der Waals surface area contributed by atoms with Crippen molar-refractivity contribution in [2.24, 2.45) is 5.92 Å². The predicted molar refractivity (Wildman–Crippen MR) is 60.5 cm³/mol. The van der Waals surface area contributed by atoms with Crippen LogP contribution in [-0.4, -0.2) is 30.6 Å². The molecule has 1 aliphatic heterocycles. The Morgan fingerprint density at radius 1 is 1.71 bits per heavy atom. The van der Waals surface area contributed by atoms with E-state index in [0.717, 1.165) is 25.3 Å². The molecule has 1 aromatic rings. The summed E-state index contributed by atoms with van der Waals surface area (Å²) in [6.07, 6.45) is 1.90. The normalized spacial score (nSPS) is 19.3. The van der Waals surface area contributed by atoms with Gasteiger partial charge in [0, 0.05) is 19.1 Å². The number of carbonyl (C=O) groups excluding carboxylic acids is 1. The summed E-state index contributed by atoms with van der Waals surface area (Å²) in [4.78, 5) is 15.3. The standard InChI is InChI=1S/C11H12ClFN2O2/c12-10-9(3-8(13)5-14-10)11(16)15-4-7-1-2-17-6-7/h3,5,7H,1-2,4,6H2,(H,15,16). The Morgan fingerprint density at radius 2 is 2.53 bits per heavy atom. The van der Waals surface area contributed by atoms with Crippen LogP contribution in [0.1, 0.15) is 16.8 Å². The van der Waals surface area contributed by atoms with Crippen LogP contribution in [0.25, 0.3) is 0 Å². The van der Waals surface area contributed by atoms with Crippen LogP contribution < -0.4 is 5.32 Å². The van der Waals surface area contributed by atoms with E-state index in [4.69, 9.17) is 16.3 Å². The smallest absolute Gasteiger partial charge is 0.254 e. The molecule has 1 fully saturated rings. The van der Waals surface area contributed by atoms with Gasteiger partial charge in [0.15, 0.2) is 0 Å². The summed E-state index contributed by atoms with van der Waals surface area (Å²) < 4.78 is 18.1. The maximum Gasteiger partial charge on any atom is 0.254 e. The van der Waals surface area contributed by atoms with Crippen LogP contribution in [0.3, 0.4) is 0 Å². The summed E-state index contributed by atoms with van der Waals surface area (Å²) in [6.45, 7) is 1.88. The second-order valence-electron chi connectivity index (χ2n) is 3.93. The average Bonchev–Trinajstić information content (AvgIpc) is 2.82. The Morgan fingerprint density at radius 3 is 3.24 bits per heavy atom. The predicted octanol–water partition coefficient (Wildman–Crippen LogP) is 1.64. The molecule has 1 aliphatic rings. The van der Waals surface area contributed by atoms with Gasteiger partial charge in [-0.1, -0.05) is 11.6 Å². The van der Waals surface area contributed by atoms with E-state index in [1.165, 1.54) is 0 Å². The lowest BCUT2D eigenvalue weighted by atomic mass is 10.1. The number of carbonyl (C=O) groups is 1. The quantitative estimate of drug-likeness (QED) is 0.839. The number of nitrogens with one attached hydrogen (secondary N) is 1. The summed E-state index contributed by atoms with van der Waals surface area (Å²) >= 11 is 5.72. The summed E-state index contributed by atoms with van der Waals surface area (Å²) in [5, 5.41) is 2.70. The SMILES string of the molecule is O=C(NCC1CCOC1)c1cc(F)cnc1Cl. The number of nitrogens with zero attached hydrogens (tertiary/aromatic N) is 1. The summed E-state index contributed by atoms with van der Waals surface area (Å²) in [7, 11) is 0. The third-order valence-corrected chi connectivity index (χ3v) is 2.93. The second kappa shape index (κ2) is 5.42. The van der Waals surface area contributed by atoms with Crippen molar-refractivity contribution in [3.05, 3.63) is 28.8 Å². The topological polar surface area (TPSA) is 51.2 Å². The number of rotatable bonds is 3. The molecule has 4 nitrogen and oxygen atoms in total. The highest BCUT2D eigenvalue weighted by Crippen LogP contribution is 2.15. The number of halogens is 2. The Hall–Kier alpha value is -1.20. The molecule has 1 N–H and O–H groups in total. The Bertz CT molecular complexity index is 422. The molecule has 1 amide bonds. The van der Waals surface area contributed by atoms with Gasteiger partial charge < -0.3 is 10.1 Å². The van der Waals surface area contributed by atoms with Crippen molar-refractivity contribution in [1.29, 1.82) is 0 Å². The molecule has 0 bridgehead atoms. The van der Waals surface area contributed by atoms with Crippen molar-refractivity contribution >= 4 is 17.5 Å². The lowest BCUT2D eigenvalue weighted by Gasteiger charge is -2.09. The van der Waals surface area contributed by atoms with E-state index in [9.17, 15) is 9.18 Å². The molecule has 1 unspecified atom stereocenters. The van der Waals surface area contributed by atoms with E-state index in [1.54, 1.807) is 0 Å². The number of amides is 1. The average molecular weight is 259 g/mol. The molecular weight excluding hydrogens is 247 g/mol. The Balaban J connectivity index is 1.96. The molecular formula is C11H12ClFN2O2. The van der Waals surface area contributed by atoms with E-state index < -0.39 is 11.7 Å². The van der Waals surface area contributed by atoms with Crippen LogP contribution in [0.5, 0.6) is 0 Å². The van der Waals surface area contributed by atoms with Gasteiger partial charge in [0.2, 0.25) is 0 Å². The molecule has 1 aromatic heterocycles. The van der Waals surface area contributed by atoms with Gasteiger partial charge in [0.1, 0.15) is 11.0 Å². The molecule has 0 spiro atoms. The fourth-order valence-corrected chi connectivity index (χ4v) is 1.85. The van der Waals surface area contributed by atoms with E-state index in [2.05, 4.69) is 10.3 Å². The minimum Gasteiger partial charge on any atom is -0.381 e. The van der Waals surface area contributed by atoms with Crippen LogP contribution in [0.2, 0.25) is 5.15 Å². The zero-order chi connectivity index (χ0) is 12.3. The van der Waals surface area contributed by atoms with Crippen molar-refractivity contribution in [2.75, 3.05) is 19.8 Å². The van der Waals surface area contributed by atoms with Crippen LogP contribution >= 0.6 is 11.6 Å². The molecule has 1 atom stereocenters. The molecule has 17 heavy (non-hydrogen) atoms. The first-order valence-corrected chi connectivity index (χ1v) is 5.71. The van der Waals surface area contributed by atoms with Crippen molar-refractivity contribution < 1.29 is 13.9 Å². The number of hydrogen-bond donors (Lipinski definition) is 1. The second-order valence-corrected chi connectivity index (χ2v) is 4.29. The van der Waals surface area contributed by atoms with Gasteiger partial charge in [-0.2, -0.15) is 0 Å². The first kappa shape index (κ1) is 12.3. The molecule has 6 heteroatoms. The number of hydrogen-bond acceptors (Lipinski definition) is 3. The zero-order valence-corrected chi connectivity index (χ0v) is 9.84. The third kappa shape index (κ3) is 3.14. The summed E-state index contributed by atoms with van der Waals surface area (Å²) in [5.41, 5.74) is 0.0607. The fourth-order valence-electron chi connectivity index (χ4n) is 1.66. The fraction of sp³-hybridized carbons (Fsp3) is 0.455. The Labute approximate surface area is 103 Å². The van der Waals surface area contributed by atoms with Gasteiger partial charge in [0.05, 0.1) is 18.4 Å². The highest BCUT2D eigenvalue weighted by atomic mass is 35.5. The van der Waals surface area contributed by atoms with Gasteiger partial charge in [-0.15, -0.1) is 0 Å². The molecule has 2 rings (SSSR count). The maximum atomic E-state index is 12.9. The number of ether oxygens (including phenoxy) is 1. The largest absolute Gasteiger partial charge is 0.381 e. The first-order chi connectivity index (χ1) is 8.16. The minimum absolute atomic E-state index is 0.00609. The summed E-state index contributed by atoms with van der Waals surface area (Å²) in [6, 6.07) is 1.08. The number of pyridine rings is 1. The summed E-state index contributed by atoms with van der Waals surface area (Å²) in [5.74, 6) is -0.670. The molecule has 0 aliphatic carbocycles. The lowest BCUT2D eigenvalue weighted by molar-refractivity contribution is 0.0944. The number of aromatic nitrogens is 1. The van der Waals surface area contributed by atoms with Gasteiger partial charge in [-0.05, 0) is 12.5 Å². The molecule has 92 valence electrons. The first-order valence-electron chi connectivity index (χ1n) is 5.34. The van der Waals surface area contributed by atoms with E-state index in [1.807, 2.05) is 0 Å². The zero-order valence-electron chi connectivity index (χ0n) is 9.08. The Kier molecular flexibility index (Phi) is 3.91. The highest BCUT2D eigenvalue weighted by Gasteiger charge is 2.18. The van der Waals surface area contributed by atoms with Crippen molar-refractivity contribution in [3.8, 4) is 0 Å². The maximum absolute atomic E-state index is 12.9. The molecule has 1 saturated heterocycles. The van der Waals surface area contributed by atoms with Crippen LogP contribution in [0.15, 0.2) is 12.3 Å². The van der Waals surface area contributed by atoms with Gasteiger partial charge in [0.25, 0.3) is 5.91 Å². The molecule has 0 saturated carbocycles. The van der Waals surface area contributed by atoms with Crippen LogP contribution in [0, 0.1) is 11.7 Å². The monoisotopic (exact) mass is 258 g/mol. The minimum atomic E-state index is -0.580. The molecule has 2 heterocycles. The van der Waals surface area contributed by atoms with E-state index in [-0.39, 0.29) is 10.7 Å². The highest BCUT2D eigenvalue weighted by molar-refractivity contribution is 6.32. The van der Waals surface area contributed by atoms with Gasteiger partial charge in [-0.3, -0.25) is 4.79 Å². The van der Waals surface area contributed by atoms with Crippen LogP contribution in [-0.2, 0) is 4.74 Å². The lowest BCUT2D eigenvalue weighted by Crippen LogP contribution is -2.29. The molecule has 0 aromatic carbocycles. The van der Waals surface area contributed by atoms with Crippen LogP contribution in [0.4, 0.5) is 4.39 Å². The van der Waals surface area contributed by atoms with Crippen molar-refractivity contribution in [3.63, 3.8) is 0 Å². The van der Waals surface area contributed by atoms with Gasteiger partial charge >= 0.3 is 0 Å². The van der Waals surface area contributed by atoms with Crippen molar-refractivity contribution in [2.45, 2.75) is 6.42 Å². The van der Waals surface area contributed by atoms with Crippen molar-refractivity contribution in [1.82, 2.24) is 10.3 Å². The van der Waals surface area contributed by atoms with Gasteiger partial charge in [-0.25, -0.2) is 9.37 Å².